The quantitative estimate of drug-likeness (QED) is 0.107. The van der Waals surface area contributed by atoms with E-state index in [4.69, 9.17) is 9.47 Å². The Balaban J connectivity index is 2.19. The number of nitrogens with one attached hydrogen (secondary N) is 1. The normalized spacial score (nSPS) is 18.7. The highest BCUT2D eigenvalue weighted by Crippen LogP contribution is 2.34. The van der Waals surface area contributed by atoms with Crippen molar-refractivity contribution >= 4 is 17.8 Å². The molecule has 2 unspecified atom stereocenters. The average molecular weight is 581 g/mol. The third-order valence-corrected chi connectivity index (χ3v) is 7.90. The summed E-state index contributed by atoms with van der Waals surface area (Å²) < 4.78 is 11.5. The summed E-state index contributed by atoms with van der Waals surface area (Å²) in [5, 5.41) is 12.4. The molecule has 0 aromatic heterocycles. The van der Waals surface area contributed by atoms with E-state index in [0.29, 0.717) is 19.6 Å². The third kappa shape index (κ3) is 16.3. The molecule has 1 aliphatic heterocycles. The maximum Gasteiger partial charge on any atom is 0.308 e. The molecule has 2 N–H and O–H groups in total. The summed E-state index contributed by atoms with van der Waals surface area (Å²) in [4.78, 5) is 38.8. The maximum atomic E-state index is 12.8. The third-order valence-electron chi connectivity index (χ3n) is 7.90. The van der Waals surface area contributed by atoms with Gasteiger partial charge in [-0.25, -0.2) is 0 Å². The number of unbranched alkanes of at least 4 members (excludes halogenated alkanes) is 11. The van der Waals surface area contributed by atoms with Gasteiger partial charge >= 0.3 is 5.97 Å². The lowest BCUT2D eigenvalue weighted by molar-refractivity contribution is -0.304. The second kappa shape index (κ2) is 20.1. The van der Waals surface area contributed by atoms with Crippen LogP contribution in [0.25, 0.3) is 0 Å². The Morgan fingerprint density at radius 3 is 2.07 bits per heavy atom. The molecule has 8 heteroatoms. The SMILES string of the molecule is CCCCCCCC/C=C\CCCCCCCC(=O)N(C)CCC(CNC(=O)C1OC(C)(C)OCC1(C)C)C(=O)O. The summed E-state index contributed by atoms with van der Waals surface area (Å²) >= 11 is 0. The Morgan fingerprint density at radius 1 is 0.927 bits per heavy atom. The molecule has 1 heterocycles. The molecule has 0 aromatic carbocycles. The van der Waals surface area contributed by atoms with Crippen molar-refractivity contribution in [3.63, 3.8) is 0 Å². The first-order valence-corrected chi connectivity index (χ1v) is 16.1. The molecular formula is C33H60N2O6. The Bertz CT molecular complexity index is 795. The minimum atomic E-state index is -0.990. The first kappa shape index (κ1) is 37.1. The molecule has 238 valence electrons. The summed E-state index contributed by atoms with van der Waals surface area (Å²) in [6.07, 6.45) is 20.5. The molecule has 0 aliphatic carbocycles. The highest BCUT2D eigenvalue weighted by atomic mass is 16.7. The summed E-state index contributed by atoms with van der Waals surface area (Å²) in [7, 11) is 1.72. The van der Waals surface area contributed by atoms with Crippen LogP contribution in [-0.2, 0) is 23.9 Å². The molecule has 2 atom stereocenters. The predicted octanol–water partition coefficient (Wildman–Crippen LogP) is 6.87. The Hall–Kier alpha value is -1.93. The van der Waals surface area contributed by atoms with Crippen LogP contribution in [0.2, 0.25) is 0 Å². The number of nitrogens with zero attached hydrogens (tertiary/aromatic N) is 1. The summed E-state index contributed by atoms with van der Waals surface area (Å²) in [5.74, 6) is -2.96. The van der Waals surface area contributed by atoms with Gasteiger partial charge in [0.25, 0.3) is 0 Å². The van der Waals surface area contributed by atoms with Gasteiger partial charge in [-0.15, -0.1) is 0 Å². The van der Waals surface area contributed by atoms with Gasteiger partial charge in [-0.05, 0) is 52.4 Å². The van der Waals surface area contributed by atoms with Crippen LogP contribution in [0.5, 0.6) is 0 Å². The minimum absolute atomic E-state index is 0.0122. The van der Waals surface area contributed by atoms with Crippen LogP contribution < -0.4 is 5.32 Å². The van der Waals surface area contributed by atoms with Gasteiger partial charge in [0.05, 0.1) is 12.5 Å². The van der Waals surface area contributed by atoms with E-state index >= 15 is 0 Å². The monoisotopic (exact) mass is 580 g/mol. The number of carbonyl (C=O) groups is 3. The molecule has 8 nitrogen and oxygen atoms in total. The molecule has 1 rings (SSSR count). The molecule has 2 amide bonds. The van der Waals surface area contributed by atoms with Crippen molar-refractivity contribution in [3.05, 3.63) is 12.2 Å². The van der Waals surface area contributed by atoms with Crippen molar-refractivity contribution < 1.29 is 29.0 Å². The van der Waals surface area contributed by atoms with Crippen molar-refractivity contribution in [1.29, 1.82) is 0 Å². The van der Waals surface area contributed by atoms with Gasteiger partial charge in [0, 0.05) is 32.0 Å². The number of allylic oxidation sites excluding steroid dienone is 2. The zero-order valence-electron chi connectivity index (χ0n) is 27.0. The van der Waals surface area contributed by atoms with E-state index in [0.717, 1.165) is 25.7 Å². The number of carboxylic acid groups (broad SMARTS) is 1. The van der Waals surface area contributed by atoms with Crippen LogP contribution in [0, 0.1) is 11.3 Å². The number of hydrogen-bond donors (Lipinski definition) is 2. The molecule has 1 saturated heterocycles. The van der Waals surface area contributed by atoms with Crippen LogP contribution in [0.15, 0.2) is 12.2 Å². The average Bonchev–Trinajstić information content (AvgIpc) is 2.91. The molecule has 0 radical (unpaired) electrons. The van der Waals surface area contributed by atoms with Gasteiger partial charge in [0.15, 0.2) is 5.79 Å². The zero-order chi connectivity index (χ0) is 30.7. The highest BCUT2D eigenvalue weighted by Gasteiger charge is 2.45. The number of aliphatic carboxylic acids is 1. The lowest BCUT2D eigenvalue weighted by atomic mass is 9.85. The maximum absolute atomic E-state index is 12.8. The number of hydrogen-bond acceptors (Lipinski definition) is 5. The lowest BCUT2D eigenvalue weighted by Gasteiger charge is -2.44. The van der Waals surface area contributed by atoms with Crippen LogP contribution in [0.4, 0.5) is 0 Å². The van der Waals surface area contributed by atoms with Crippen molar-refractivity contribution in [1.82, 2.24) is 10.2 Å². The van der Waals surface area contributed by atoms with Crippen molar-refractivity contribution in [3.8, 4) is 0 Å². The minimum Gasteiger partial charge on any atom is -0.481 e. The van der Waals surface area contributed by atoms with E-state index < -0.39 is 29.2 Å². The lowest BCUT2D eigenvalue weighted by Crippen LogP contribution is -2.57. The predicted molar refractivity (Wildman–Crippen MR) is 165 cm³/mol. The fourth-order valence-electron chi connectivity index (χ4n) is 4.96. The van der Waals surface area contributed by atoms with E-state index in [1.54, 1.807) is 25.8 Å². The Kier molecular flexibility index (Phi) is 18.1. The van der Waals surface area contributed by atoms with E-state index in [-0.39, 0.29) is 24.8 Å². The number of rotatable bonds is 22. The largest absolute Gasteiger partial charge is 0.481 e. The first-order chi connectivity index (χ1) is 19.4. The van der Waals surface area contributed by atoms with Gasteiger partial charge in [-0.2, -0.15) is 0 Å². The molecule has 0 aromatic rings. The molecule has 0 saturated carbocycles. The smallest absolute Gasteiger partial charge is 0.308 e. The summed E-state index contributed by atoms with van der Waals surface area (Å²) in [5.41, 5.74) is -0.533. The first-order valence-electron chi connectivity index (χ1n) is 16.1. The van der Waals surface area contributed by atoms with Crippen molar-refractivity contribution in [2.24, 2.45) is 11.3 Å². The molecule has 0 bridgehead atoms. The molecule has 1 aliphatic rings. The summed E-state index contributed by atoms with van der Waals surface area (Å²) in [6, 6.07) is 0. The van der Waals surface area contributed by atoms with E-state index in [2.05, 4.69) is 24.4 Å². The molecule has 1 fully saturated rings. The van der Waals surface area contributed by atoms with Gasteiger partial charge in [0.2, 0.25) is 11.8 Å². The van der Waals surface area contributed by atoms with Gasteiger partial charge in [-0.1, -0.05) is 84.3 Å². The number of carbonyl (C=O) groups excluding carboxylic acids is 2. The van der Waals surface area contributed by atoms with Crippen LogP contribution in [-0.4, -0.2) is 66.4 Å². The van der Waals surface area contributed by atoms with Gasteiger partial charge in [0.1, 0.15) is 6.10 Å². The topological polar surface area (TPSA) is 105 Å². The van der Waals surface area contributed by atoms with Crippen molar-refractivity contribution in [2.75, 3.05) is 26.7 Å². The van der Waals surface area contributed by atoms with Crippen LogP contribution >= 0.6 is 0 Å². The molecule has 41 heavy (non-hydrogen) atoms. The second-order valence-corrected chi connectivity index (χ2v) is 12.9. The number of ether oxygens (including phenoxy) is 2. The standard InChI is InChI=1S/C33H60N2O6/c1-7-8-9-10-11-12-13-14-15-16-17-18-19-20-21-22-28(36)35(6)24-23-27(31(38)39)25-34-30(37)29-32(2,3)26-40-33(4,5)41-29/h14-15,27,29H,7-13,16-26H2,1-6H3,(H,34,37)(H,38,39)/b15-14-. The Labute approximate surface area is 250 Å². The van der Waals surface area contributed by atoms with E-state index in [1.165, 1.54) is 57.8 Å². The molecular weight excluding hydrogens is 520 g/mol. The number of carboxylic acids is 1. The van der Waals surface area contributed by atoms with Gasteiger partial charge < -0.3 is 24.8 Å². The zero-order valence-corrected chi connectivity index (χ0v) is 27.0. The van der Waals surface area contributed by atoms with Crippen LogP contribution in [0.3, 0.4) is 0 Å². The van der Waals surface area contributed by atoms with Gasteiger partial charge in [-0.3, -0.25) is 14.4 Å². The molecule has 0 spiro atoms. The van der Waals surface area contributed by atoms with E-state index in [9.17, 15) is 19.5 Å². The second-order valence-electron chi connectivity index (χ2n) is 12.9. The number of amides is 2. The van der Waals surface area contributed by atoms with Crippen LogP contribution in [0.1, 0.15) is 131 Å². The highest BCUT2D eigenvalue weighted by molar-refractivity contribution is 5.82. The fourth-order valence-corrected chi connectivity index (χ4v) is 4.96. The Morgan fingerprint density at radius 2 is 1.49 bits per heavy atom. The van der Waals surface area contributed by atoms with Crippen molar-refractivity contribution in [2.45, 2.75) is 143 Å². The van der Waals surface area contributed by atoms with E-state index in [1.807, 2.05) is 13.8 Å². The summed E-state index contributed by atoms with van der Waals surface area (Å²) in [6.45, 7) is 10.2. The fraction of sp³-hybridized carbons (Fsp3) is 0.848.